The highest BCUT2D eigenvalue weighted by Gasteiger charge is 2.13. The fourth-order valence-corrected chi connectivity index (χ4v) is 2.49. The van der Waals surface area contributed by atoms with Crippen molar-refractivity contribution in [3.63, 3.8) is 0 Å². The lowest BCUT2D eigenvalue weighted by atomic mass is 10.2. The van der Waals surface area contributed by atoms with Gasteiger partial charge in [-0.2, -0.15) is 10.2 Å². The van der Waals surface area contributed by atoms with Gasteiger partial charge in [0.15, 0.2) is 11.5 Å². The van der Waals surface area contributed by atoms with Crippen LogP contribution in [0.15, 0.2) is 48.7 Å². The molecule has 0 aliphatic carbocycles. The summed E-state index contributed by atoms with van der Waals surface area (Å²) in [5.74, 6) is -0.849. The van der Waals surface area contributed by atoms with Crippen molar-refractivity contribution >= 4 is 17.7 Å². The number of carbonyl (C=O) groups excluding carboxylic acids is 1. The average Bonchev–Trinajstić information content (AvgIpc) is 3.21. The number of aliphatic carboxylic acids is 1. The fraction of sp³-hybridized carbons (Fsp3) is 0.222. The van der Waals surface area contributed by atoms with E-state index in [1.54, 1.807) is 18.3 Å². The molecule has 3 aromatic rings. The molecule has 0 spiro atoms. The van der Waals surface area contributed by atoms with Crippen molar-refractivity contribution in [1.82, 2.24) is 19.6 Å². The first-order valence-corrected chi connectivity index (χ1v) is 8.16. The smallest absolute Gasteiger partial charge is 0.305 e. The minimum absolute atomic E-state index is 0.0498. The van der Waals surface area contributed by atoms with Gasteiger partial charge in [0.2, 0.25) is 0 Å². The summed E-state index contributed by atoms with van der Waals surface area (Å²) in [6, 6.07) is 13.3. The topological polar surface area (TPSA) is 102 Å². The number of nitrogens with zero attached hydrogens (tertiary/aromatic N) is 4. The molecule has 0 fully saturated rings. The van der Waals surface area contributed by atoms with Crippen LogP contribution in [-0.4, -0.2) is 36.5 Å². The lowest BCUT2D eigenvalue weighted by Gasteiger charge is -2.04. The van der Waals surface area contributed by atoms with Crippen LogP contribution < -0.4 is 5.32 Å². The van der Waals surface area contributed by atoms with Crippen LogP contribution in [0, 0.1) is 6.92 Å². The van der Waals surface area contributed by atoms with Gasteiger partial charge in [-0.05, 0) is 18.6 Å². The first-order valence-electron chi connectivity index (χ1n) is 8.16. The van der Waals surface area contributed by atoms with Crippen LogP contribution in [0.5, 0.6) is 0 Å². The van der Waals surface area contributed by atoms with E-state index in [-0.39, 0.29) is 24.6 Å². The molecule has 2 heterocycles. The molecule has 8 heteroatoms. The normalized spacial score (nSPS) is 10.7. The highest BCUT2D eigenvalue weighted by Crippen LogP contribution is 2.12. The molecule has 0 aliphatic heterocycles. The Kier molecular flexibility index (Phi) is 5.12. The van der Waals surface area contributed by atoms with E-state index in [9.17, 15) is 9.59 Å². The fourth-order valence-electron chi connectivity index (χ4n) is 2.49. The van der Waals surface area contributed by atoms with Gasteiger partial charge in [0.05, 0.1) is 19.5 Å². The second-order valence-corrected chi connectivity index (χ2v) is 5.88. The monoisotopic (exact) mass is 353 g/mol. The van der Waals surface area contributed by atoms with Gasteiger partial charge in [-0.1, -0.05) is 30.3 Å². The summed E-state index contributed by atoms with van der Waals surface area (Å²) in [6.45, 7) is 2.76. The number of aryl methyl sites for hydroxylation is 2. The SMILES string of the molecule is Cc1cc(NC(=O)c2ccn(CCC(=O)O)n2)nn1Cc1ccccc1. The number of rotatable bonds is 7. The minimum Gasteiger partial charge on any atom is -0.481 e. The Morgan fingerprint density at radius 2 is 1.92 bits per heavy atom. The van der Waals surface area contributed by atoms with E-state index >= 15 is 0 Å². The van der Waals surface area contributed by atoms with Crippen molar-refractivity contribution < 1.29 is 14.7 Å². The first kappa shape index (κ1) is 17.4. The number of benzene rings is 1. The van der Waals surface area contributed by atoms with Crippen LogP contribution in [0.4, 0.5) is 5.82 Å². The molecule has 3 rings (SSSR count). The summed E-state index contributed by atoms with van der Waals surface area (Å²) in [4.78, 5) is 22.9. The maximum Gasteiger partial charge on any atom is 0.305 e. The van der Waals surface area contributed by atoms with Crippen molar-refractivity contribution in [3.8, 4) is 0 Å². The molecule has 0 atom stereocenters. The molecule has 0 bridgehead atoms. The summed E-state index contributed by atoms with van der Waals surface area (Å²) in [6.07, 6.45) is 1.53. The van der Waals surface area contributed by atoms with Gasteiger partial charge >= 0.3 is 5.97 Å². The maximum atomic E-state index is 12.3. The summed E-state index contributed by atoms with van der Waals surface area (Å²) >= 11 is 0. The molecule has 0 radical (unpaired) electrons. The molecule has 0 aliphatic rings. The molecule has 2 N–H and O–H groups in total. The first-order chi connectivity index (χ1) is 12.5. The Labute approximate surface area is 150 Å². The Balaban J connectivity index is 1.64. The highest BCUT2D eigenvalue weighted by atomic mass is 16.4. The molecule has 0 saturated carbocycles. The van der Waals surface area contributed by atoms with Crippen LogP contribution in [0.2, 0.25) is 0 Å². The predicted octanol–water partition coefficient (Wildman–Crippen LogP) is 2.16. The van der Waals surface area contributed by atoms with Crippen LogP contribution >= 0.6 is 0 Å². The van der Waals surface area contributed by atoms with Gasteiger partial charge in [0.1, 0.15) is 0 Å². The maximum absolute atomic E-state index is 12.3. The molecule has 1 aromatic carbocycles. The second-order valence-electron chi connectivity index (χ2n) is 5.88. The van der Waals surface area contributed by atoms with E-state index in [0.29, 0.717) is 12.4 Å². The number of amides is 1. The van der Waals surface area contributed by atoms with Crippen molar-refractivity contribution in [2.24, 2.45) is 0 Å². The Hall–Kier alpha value is -3.42. The van der Waals surface area contributed by atoms with Gasteiger partial charge in [0.25, 0.3) is 5.91 Å². The zero-order chi connectivity index (χ0) is 18.5. The highest BCUT2D eigenvalue weighted by molar-refractivity contribution is 6.02. The van der Waals surface area contributed by atoms with E-state index in [1.807, 2.05) is 41.9 Å². The second kappa shape index (κ2) is 7.64. The van der Waals surface area contributed by atoms with Crippen molar-refractivity contribution in [3.05, 3.63) is 65.6 Å². The lowest BCUT2D eigenvalue weighted by Crippen LogP contribution is -2.14. The Bertz CT molecular complexity index is 914. The number of hydrogen-bond donors (Lipinski definition) is 2. The molecule has 0 unspecified atom stereocenters. The van der Waals surface area contributed by atoms with Crippen molar-refractivity contribution in [2.75, 3.05) is 5.32 Å². The standard InChI is InChI=1S/C18H19N5O3/c1-13-11-16(21-23(13)12-14-5-3-2-4-6-14)19-18(26)15-7-9-22(20-15)10-8-17(24)25/h2-7,9,11H,8,10,12H2,1H3,(H,24,25)(H,19,21,26). The third-order valence-electron chi connectivity index (χ3n) is 3.83. The van der Waals surface area contributed by atoms with E-state index in [4.69, 9.17) is 5.11 Å². The van der Waals surface area contributed by atoms with E-state index in [1.165, 1.54) is 4.68 Å². The number of anilines is 1. The van der Waals surface area contributed by atoms with E-state index < -0.39 is 5.97 Å². The van der Waals surface area contributed by atoms with Crippen LogP contribution in [0.3, 0.4) is 0 Å². The summed E-state index contributed by atoms with van der Waals surface area (Å²) in [5.41, 5.74) is 2.26. The average molecular weight is 353 g/mol. The molecule has 26 heavy (non-hydrogen) atoms. The van der Waals surface area contributed by atoms with Crippen LogP contribution in [0.1, 0.15) is 28.2 Å². The van der Waals surface area contributed by atoms with Gasteiger partial charge < -0.3 is 10.4 Å². The van der Waals surface area contributed by atoms with Gasteiger partial charge in [0, 0.05) is 18.0 Å². The minimum atomic E-state index is -0.911. The van der Waals surface area contributed by atoms with Crippen molar-refractivity contribution in [1.29, 1.82) is 0 Å². The van der Waals surface area contributed by atoms with Gasteiger partial charge in [-0.15, -0.1) is 0 Å². The number of carbonyl (C=O) groups is 2. The molecular weight excluding hydrogens is 334 g/mol. The largest absolute Gasteiger partial charge is 0.481 e. The molecule has 0 saturated heterocycles. The van der Waals surface area contributed by atoms with Crippen molar-refractivity contribution in [2.45, 2.75) is 26.4 Å². The van der Waals surface area contributed by atoms with Crippen LogP contribution in [-0.2, 0) is 17.9 Å². The molecular formula is C18H19N5O3. The Morgan fingerprint density at radius 3 is 2.65 bits per heavy atom. The number of carboxylic acids is 1. The summed E-state index contributed by atoms with van der Waals surface area (Å²) in [7, 11) is 0. The third-order valence-corrected chi connectivity index (χ3v) is 3.83. The summed E-state index contributed by atoms with van der Waals surface area (Å²) in [5, 5.41) is 19.9. The predicted molar refractivity (Wildman–Crippen MR) is 94.9 cm³/mol. The van der Waals surface area contributed by atoms with E-state index in [2.05, 4.69) is 15.5 Å². The zero-order valence-corrected chi connectivity index (χ0v) is 14.3. The van der Waals surface area contributed by atoms with E-state index in [0.717, 1.165) is 11.3 Å². The molecule has 1 amide bonds. The quantitative estimate of drug-likeness (QED) is 0.678. The number of nitrogens with one attached hydrogen (secondary N) is 1. The number of hydrogen-bond acceptors (Lipinski definition) is 4. The number of aromatic nitrogens is 4. The zero-order valence-electron chi connectivity index (χ0n) is 14.3. The lowest BCUT2D eigenvalue weighted by molar-refractivity contribution is -0.137. The molecule has 134 valence electrons. The molecule has 2 aromatic heterocycles. The third kappa shape index (κ3) is 4.35. The summed E-state index contributed by atoms with van der Waals surface area (Å²) < 4.78 is 3.25. The Morgan fingerprint density at radius 1 is 1.15 bits per heavy atom. The number of carboxylic acid groups (broad SMARTS) is 1. The van der Waals surface area contributed by atoms with Gasteiger partial charge in [-0.3, -0.25) is 19.0 Å². The molecule has 8 nitrogen and oxygen atoms in total. The van der Waals surface area contributed by atoms with Gasteiger partial charge in [-0.25, -0.2) is 0 Å². The van der Waals surface area contributed by atoms with Crippen LogP contribution in [0.25, 0.3) is 0 Å².